The van der Waals surface area contributed by atoms with E-state index < -0.39 is 10.8 Å². The average Bonchev–Trinajstić information content (AvgIpc) is 2.96. The molecule has 1 aliphatic heterocycles. The number of nitrogens with zero attached hydrogens (tertiary/aromatic N) is 1. The first-order valence-electron chi connectivity index (χ1n) is 6.64. The van der Waals surface area contributed by atoms with Crippen molar-refractivity contribution in [3.8, 4) is 11.5 Å². The predicted octanol–water partition coefficient (Wildman–Crippen LogP) is 3.12. The molecule has 0 saturated heterocycles. The van der Waals surface area contributed by atoms with E-state index in [4.69, 9.17) is 9.47 Å². The second-order valence-electron chi connectivity index (χ2n) is 4.68. The Morgan fingerprint density at radius 3 is 2.61 bits per heavy atom. The van der Waals surface area contributed by atoms with E-state index in [-0.39, 0.29) is 17.0 Å². The fraction of sp³-hybridized carbons (Fsp3) is 0.214. The molecule has 9 heteroatoms. The van der Waals surface area contributed by atoms with Gasteiger partial charge in [-0.2, -0.15) is 0 Å². The molecule has 1 aromatic heterocycles. The van der Waals surface area contributed by atoms with Crippen molar-refractivity contribution in [3.05, 3.63) is 48.6 Å². The number of nitro groups is 1. The molecule has 1 N–H and O–H groups in total. The van der Waals surface area contributed by atoms with Crippen molar-refractivity contribution >= 4 is 38.9 Å². The van der Waals surface area contributed by atoms with E-state index in [0.717, 1.165) is 9.35 Å². The van der Waals surface area contributed by atoms with Crippen LogP contribution >= 0.6 is 27.3 Å². The Balaban J connectivity index is 1.84. The fourth-order valence-corrected chi connectivity index (χ4v) is 3.51. The van der Waals surface area contributed by atoms with Crippen LogP contribution in [0.4, 0.5) is 5.69 Å². The minimum atomic E-state index is -0.602. The first-order chi connectivity index (χ1) is 11.0. The summed E-state index contributed by atoms with van der Waals surface area (Å²) in [6.07, 6.45) is 0. The molecule has 0 aliphatic carbocycles. The number of halogens is 1. The van der Waals surface area contributed by atoms with Gasteiger partial charge in [0.1, 0.15) is 18.8 Å². The lowest BCUT2D eigenvalue weighted by Crippen LogP contribution is -2.24. The zero-order chi connectivity index (χ0) is 16.4. The SMILES string of the molecule is O=C(NCc1cc(Br)cs1)c1cc2c(cc1[N+](=O)[O-])OCCO2. The van der Waals surface area contributed by atoms with Crippen LogP contribution in [0.3, 0.4) is 0 Å². The molecule has 0 spiro atoms. The van der Waals surface area contributed by atoms with Gasteiger partial charge in [0, 0.05) is 20.8 Å². The van der Waals surface area contributed by atoms with Crippen molar-refractivity contribution in [2.24, 2.45) is 0 Å². The maximum Gasteiger partial charge on any atom is 0.286 e. The third kappa shape index (κ3) is 3.45. The summed E-state index contributed by atoms with van der Waals surface area (Å²) in [5.74, 6) is 0.0887. The number of hydrogen-bond acceptors (Lipinski definition) is 6. The lowest BCUT2D eigenvalue weighted by molar-refractivity contribution is -0.385. The van der Waals surface area contributed by atoms with Gasteiger partial charge in [-0.05, 0) is 22.0 Å². The van der Waals surface area contributed by atoms with E-state index in [9.17, 15) is 14.9 Å². The molecule has 0 bridgehead atoms. The lowest BCUT2D eigenvalue weighted by atomic mass is 10.1. The van der Waals surface area contributed by atoms with Crippen LogP contribution in [0.2, 0.25) is 0 Å². The number of nitro benzene ring substituents is 1. The molecule has 0 fully saturated rings. The van der Waals surface area contributed by atoms with Gasteiger partial charge < -0.3 is 14.8 Å². The molecule has 7 nitrogen and oxygen atoms in total. The molecule has 23 heavy (non-hydrogen) atoms. The van der Waals surface area contributed by atoms with Crippen LogP contribution in [0.25, 0.3) is 0 Å². The van der Waals surface area contributed by atoms with Gasteiger partial charge in [0.15, 0.2) is 11.5 Å². The molecule has 2 heterocycles. The van der Waals surface area contributed by atoms with Gasteiger partial charge >= 0.3 is 0 Å². The summed E-state index contributed by atoms with van der Waals surface area (Å²) in [7, 11) is 0. The largest absolute Gasteiger partial charge is 0.486 e. The molecular weight excluding hydrogens is 388 g/mol. The summed E-state index contributed by atoms with van der Waals surface area (Å²) in [6, 6.07) is 4.46. The number of thiophene rings is 1. The molecule has 0 unspecified atom stereocenters. The second kappa shape index (κ2) is 6.55. The smallest absolute Gasteiger partial charge is 0.286 e. The number of benzene rings is 1. The van der Waals surface area contributed by atoms with Crippen molar-refractivity contribution in [1.29, 1.82) is 0 Å². The standard InChI is InChI=1S/C14H11BrN2O5S/c15-8-3-9(23-7-8)6-16-14(18)10-4-12-13(22-2-1-21-12)5-11(10)17(19)20/h3-5,7H,1-2,6H2,(H,16,18). The minimum absolute atomic E-state index is 0.0464. The molecular formula is C14H11BrN2O5S. The molecule has 2 aromatic rings. The highest BCUT2D eigenvalue weighted by molar-refractivity contribution is 9.10. The number of carbonyl (C=O) groups excluding carboxylic acids is 1. The van der Waals surface area contributed by atoms with E-state index in [0.29, 0.717) is 25.5 Å². The molecule has 0 saturated carbocycles. The summed E-state index contributed by atoms with van der Waals surface area (Å²) >= 11 is 4.81. The maximum absolute atomic E-state index is 12.3. The van der Waals surface area contributed by atoms with Gasteiger partial charge in [0.25, 0.3) is 11.6 Å². The Kier molecular flexibility index (Phi) is 4.49. The van der Waals surface area contributed by atoms with Crippen LogP contribution in [0.15, 0.2) is 28.1 Å². The number of hydrogen-bond donors (Lipinski definition) is 1. The molecule has 3 rings (SSSR count). The fourth-order valence-electron chi connectivity index (χ4n) is 2.12. The van der Waals surface area contributed by atoms with E-state index in [2.05, 4.69) is 21.2 Å². The molecule has 0 atom stereocenters. The van der Waals surface area contributed by atoms with Crippen LogP contribution in [0.5, 0.6) is 11.5 Å². The Labute approximate surface area is 143 Å². The Morgan fingerprint density at radius 2 is 2.00 bits per heavy atom. The highest BCUT2D eigenvalue weighted by Crippen LogP contribution is 2.36. The Bertz CT molecular complexity index is 777. The van der Waals surface area contributed by atoms with Gasteiger partial charge in [-0.1, -0.05) is 0 Å². The first-order valence-corrected chi connectivity index (χ1v) is 8.31. The maximum atomic E-state index is 12.3. The minimum Gasteiger partial charge on any atom is -0.486 e. The van der Waals surface area contributed by atoms with Gasteiger partial charge in [-0.15, -0.1) is 11.3 Å². The third-order valence-electron chi connectivity index (χ3n) is 3.15. The van der Waals surface area contributed by atoms with Crippen LogP contribution < -0.4 is 14.8 Å². The summed E-state index contributed by atoms with van der Waals surface area (Å²) in [6.45, 7) is 0.957. The summed E-state index contributed by atoms with van der Waals surface area (Å²) in [4.78, 5) is 23.9. The van der Waals surface area contributed by atoms with Crippen molar-refractivity contribution in [3.63, 3.8) is 0 Å². The monoisotopic (exact) mass is 398 g/mol. The first kappa shape index (κ1) is 15.8. The van der Waals surface area contributed by atoms with Crippen molar-refractivity contribution in [2.45, 2.75) is 6.54 Å². The molecule has 1 aromatic carbocycles. The lowest BCUT2D eigenvalue weighted by Gasteiger charge is -2.18. The van der Waals surface area contributed by atoms with Crippen LogP contribution in [-0.2, 0) is 6.54 Å². The summed E-state index contributed by atoms with van der Waals surface area (Å²) < 4.78 is 11.6. The Morgan fingerprint density at radius 1 is 1.30 bits per heavy atom. The van der Waals surface area contributed by atoms with E-state index in [1.54, 1.807) is 0 Å². The number of amides is 1. The highest BCUT2D eigenvalue weighted by atomic mass is 79.9. The number of rotatable bonds is 4. The Hall–Kier alpha value is -2.13. The van der Waals surface area contributed by atoms with Gasteiger partial charge in [-0.3, -0.25) is 14.9 Å². The predicted molar refractivity (Wildman–Crippen MR) is 87.3 cm³/mol. The molecule has 1 aliphatic rings. The zero-order valence-corrected chi connectivity index (χ0v) is 14.1. The second-order valence-corrected chi connectivity index (χ2v) is 6.60. The van der Waals surface area contributed by atoms with Gasteiger partial charge in [0.2, 0.25) is 0 Å². The quantitative estimate of drug-likeness (QED) is 0.630. The van der Waals surface area contributed by atoms with Crippen LogP contribution in [-0.4, -0.2) is 24.0 Å². The van der Waals surface area contributed by atoms with Gasteiger partial charge in [-0.25, -0.2) is 0 Å². The molecule has 0 radical (unpaired) electrons. The van der Waals surface area contributed by atoms with E-state index in [1.165, 1.54) is 23.5 Å². The van der Waals surface area contributed by atoms with Crippen molar-refractivity contribution in [2.75, 3.05) is 13.2 Å². The van der Waals surface area contributed by atoms with Crippen molar-refractivity contribution < 1.29 is 19.2 Å². The van der Waals surface area contributed by atoms with Gasteiger partial charge in [0.05, 0.1) is 17.5 Å². The normalized spacial score (nSPS) is 12.7. The van der Waals surface area contributed by atoms with Crippen LogP contribution in [0.1, 0.15) is 15.2 Å². The number of ether oxygens (including phenoxy) is 2. The average molecular weight is 399 g/mol. The number of fused-ring (bicyclic) bond motifs is 1. The van der Waals surface area contributed by atoms with Crippen molar-refractivity contribution in [1.82, 2.24) is 5.32 Å². The topological polar surface area (TPSA) is 90.7 Å². The van der Waals surface area contributed by atoms with E-state index >= 15 is 0 Å². The number of carbonyl (C=O) groups is 1. The molecule has 1 amide bonds. The summed E-state index contributed by atoms with van der Waals surface area (Å²) in [5, 5.41) is 15.8. The summed E-state index contributed by atoms with van der Waals surface area (Å²) in [5.41, 5.74) is -0.353. The molecule has 120 valence electrons. The number of nitrogens with one attached hydrogen (secondary N) is 1. The van der Waals surface area contributed by atoms with E-state index in [1.807, 2.05) is 11.4 Å². The zero-order valence-electron chi connectivity index (χ0n) is 11.7. The third-order valence-corrected chi connectivity index (χ3v) is 4.84. The highest BCUT2D eigenvalue weighted by Gasteiger charge is 2.26. The van der Waals surface area contributed by atoms with Crippen LogP contribution in [0, 0.1) is 10.1 Å².